The van der Waals surface area contributed by atoms with Crippen molar-refractivity contribution in [2.24, 2.45) is 16.6 Å². The van der Waals surface area contributed by atoms with E-state index in [0.29, 0.717) is 11.6 Å². The van der Waals surface area contributed by atoms with Crippen molar-refractivity contribution in [1.82, 2.24) is 15.3 Å². The second-order valence-corrected chi connectivity index (χ2v) is 7.19. The lowest BCUT2D eigenvalue weighted by molar-refractivity contribution is 0.0994. The molecule has 0 unspecified atom stereocenters. The number of amides is 1. The van der Waals surface area contributed by atoms with Crippen LogP contribution in [0.15, 0.2) is 47.7 Å². The summed E-state index contributed by atoms with van der Waals surface area (Å²) in [6, 6.07) is 10.2. The van der Waals surface area contributed by atoms with Crippen LogP contribution in [-0.4, -0.2) is 41.2 Å². The molecule has 0 spiro atoms. The first kappa shape index (κ1) is 18.2. The molecule has 1 fully saturated rings. The molecule has 4 rings (SSSR count). The van der Waals surface area contributed by atoms with Crippen molar-refractivity contribution in [1.29, 1.82) is 0 Å². The van der Waals surface area contributed by atoms with Crippen LogP contribution in [0.1, 0.15) is 34.6 Å². The Morgan fingerprint density at radius 2 is 2.11 bits per heavy atom. The first-order valence-corrected chi connectivity index (χ1v) is 9.56. The Morgan fingerprint density at radius 1 is 1.29 bits per heavy atom. The number of nitrogens with one attached hydrogen (secondary N) is 1. The number of aryl methyl sites for hydroxylation is 1. The predicted molar refractivity (Wildman–Crippen MR) is 110 cm³/mol. The fourth-order valence-corrected chi connectivity index (χ4v) is 3.79. The smallest absolute Gasteiger partial charge is 0.269 e. The molecular formula is C21H24N6O. The second-order valence-electron chi connectivity index (χ2n) is 7.19. The predicted octanol–water partition coefficient (Wildman–Crippen LogP) is 2.14. The zero-order valence-electron chi connectivity index (χ0n) is 15.9. The number of aromatic nitrogens is 2. The minimum atomic E-state index is -0.545. The average Bonchev–Trinajstić information content (AvgIpc) is 2.74. The van der Waals surface area contributed by atoms with Crippen LogP contribution < -0.4 is 16.0 Å². The molecule has 28 heavy (non-hydrogen) atoms. The first-order chi connectivity index (χ1) is 13.6. The Bertz CT molecular complexity index is 937. The van der Waals surface area contributed by atoms with Crippen molar-refractivity contribution >= 4 is 23.1 Å². The monoisotopic (exact) mass is 376 g/mol. The molecule has 0 saturated carbocycles. The van der Waals surface area contributed by atoms with Crippen molar-refractivity contribution in [3.05, 3.63) is 59.7 Å². The number of piperidine rings is 1. The minimum absolute atomic E-state index is 0.233. The van der Waals surface area contributed by atoms with E-state index >= 15 is 0 Å². The number of carbonyl (C=O) groups is 1. The summed E-state index contributed by atoms with van der Waals surface area (Å²) in [5.41, 5.74) is 9.51. The molecule has 3 heterocycles. The zero-order valence-corrected chi connectivity index (χ0v) is 15.9. The van der Waals surface area contributed by atoms with Gasteiger partial charge in [0.15, 0.2) is 0 Å². The fraction of sp³-hybridized carbons (Fsp3) is 0.333. The molecule has 0 aliphatic carbocycles. The Balaban J connectivity index is 1.49. The van der Waals surface area contributed by atoms with E-state index < -0.39 is 5.91 Å². The lowest BCUT2D eigenvalue weighted by Crippen LogP contribution is -2.42. The molecule has 3 N–H and O–H groups in total. The van der Waals surface area contributed by atoms with Gasteiger partial charge in [-0.15, -0.1) is 0 Å². The van der Waals surface area contributed by atoms with Crippen molar-refractivity contribution < 1.29 is 4.79 Å². The maximum atomic E-state index is 11.4. The highest BCUT2D eigenvalue weighted by atomic mass is 16.1. The van der Waals surface area contributed by atoms with E-state index in [1.165, 1.54) is 5.71 Å². The van der Waals surface area contributed by atoms with Gasteiger partial charge in [0.2, 0.25) is 0 Å². The normalized spacial score (nSPS) is 19.5. The Kier molecular flexibility index (Phi) is 5.06. The van der Waals surface area contributed by atoms with Crippen molar-refractivity contribution in [2.75, 3.05) is 24.5 Å². The zero-order chi connectivity index (χ0) is 19.5. The van der Waals surface area contributed by atoms with Crippen LogP contribution in [-0.2, 0) is 0 Å². The van der Waals surface area contributed by atoms with Gasteiger partial charge in [-0.2, -0.15) is 0 Å². The molecule has 2 aliphatic heterocycles. The Labute approximate surface area is 164 Å². The number of nitrogens with two attached hydrogens (primary N) is 1. The maximum absolute atomic E-state index is 11.4. The molecule has 0 radical (unpaired) electrons. The molecule has 1 saturated heterocycles. The molecule has 144 valence electrons. The highest BCUT2D eigenvalue weighted by molar-refractivity contribution is 5.93. The van der Waals surface area contributed by atoms with E-state index in [9.17, 15) is 4.79 Å². The lowest BCUT2D eigenvalue weighted by atomic mass is 9.92. The largest absolute Gasteiger partial charge is 0.378 e. The summed E-state index contributed by atoms with van der Waals surface area (Å²) in [5, 5.41) is 3.50. The van der Waals surface area contributed by atoms with Crippen LogP contribution >= 0.6 is 0 Å². The molecule has 1 atom stereocenters. The molecule has 7 heteroatoms. The SMILES string of the molecule is Cc1nc(N2CCC[C@H](C3=NC=C(c4ccccc4)NC3)C2)cnc1C(N)=O. The number of carbonyl (C=O) groups excluding carboxylic acids is 1. The quantitative estimate of drug-likeness (QED) is 0.852. The van der Waals surface area contributed by atoms with Gasteiger partial charge in [0.05, 0.1) is 30.3 Å². The third kappa shape index (κ3) is 3.74. The Morgan fingerprint density at radius 3 is 2.79 bits per heavy atom. The summed E-state index contributed by atoms with van der Waals surface area (Å²) >= 11 is 0. The van der Waals surface area contributed by atoms with Crippen molar-refractivity contribution in [3.63, 3.8) is 0 Å². The van der Waals surface area contributed by atoms with Crippen LogP contribution in [0.5, 0.6) is 0 Å². The van der Waals surface area contributed by atoms with Crippen LogP contribution in [0.25, 0.3) is 5.70 Å². The minimum Gasteiger partial charge on any atom is -0.378 e. The summed E-state index contributed by atoms with van der Waals surface area (Å²) in [6.45, 7) is 4.29. The van der Waals surface area contributed by atoms with Gasteiger partial charge in [-0.05, 0) is 25.3 Å². The fourth-order valence-electron chi connectivity index (χ4n) is 3.79. The van der Waals surface area contributed by atoms with Gasteiger partial charge in [-0.1, -0.05) is 30.3 Å². The topological polar surface area (TPSA) is 96.5 Å². The standard InChI is InChI=1S/C21H24N6O/c1-14-20(21(22)28)25-12-19(26-14)27-9-5-8-16(13-27)18-11-23-17(10-24-18)15-6-3-2-4-7-15/h2-4,6-7,10,12,16,23H,5,8-9,11,13H2,1H3,(H2,22,28)/t16-/m0/s1. The van der Waals surface area contributed by atoms with Crippen LogP contribution in [0.2, 0.25) is 0 Å². The van der Waals surface area contributed by atoms with E-state index in [2.05, 4.69) is 32.3 Å². The number of hydrogen-bond acceptors (Lipinski definition) is 6. The van der Waals surface area contributed by atoms with Gasteiger partial charge in [0.25, 0.3) is 5.91 Å². The Hall–Kier alpha value is -3.22. The summed E-state index contributed by atoms with van der Waals surface area (Å²) in [7, 11) is 0. The number of benzene rings is 1. The van der Waals surface area contributed by atoms with Crippen molar-refractivity contribution in [3.8, 4) is 0 Å². The molecular weight excluding hydrogens is 352 g/mol. The van der Waals surface area contributed by atoms with Gasteiger partial charge in [-0.25, -0.2) is 9.97 Å². The average molecular weight is 376 g/mol. The van der Waals surface area contributed by atoms with Gasteiger partial charge in [0, 0.05) is 24.7 Å². The van der Waals surface area contributed by atoms with Gasteiger partial charge >= 0.3 is 0 Å². The highest BCUT2D eigenvalue weighted by Crippen LogP contribution is 2.24. The number of anilines is 1. The third-order valence-corrected chi connectivity index (χ3v) is 5.29. The highest BCUT2D eigenvalue weighted by Gasteiger charge is 2.26. The van der Waals surface area contributed by atoms with Crippen LogP contribution in [0.4, 0.5) is 5.82 Å². The number of hydrogen-bond donors (Lipinski definition) is 2. The molecule has 2 aliphatic rings. The van der Waals surface area contributed by atoms with E-state index in [-0.39, 0.29) is 5.69 Å². The lowest BCUT2D eigenvalue weighted by Gasteiger charge is -2.35. The molecule has 7 nitrogen and oxygen atoms in total. The van der Waals surface area contributed by atoms with E-state index in [4.69, 9.17) is 10.7 Å². The summed E-state index contributed by atoms with van der Waals surface area (Å²) in [6.07, 6.45) is 5.75. The maximum Gasteiger partial charge on any atom is 0.269 e. The molecule has 2 aromatic rings. The first-order valence-electron chi connectivity index (χ1n) is 9.56. The number of primary amides is 1. The number of rotatable bonds is 4. The van der Waals surface area contributed by atoms with Gasteiger partial charge in [0.1, 0.15) is 11.5 Å². The van der Waals surface area contributed by atoms with E-state index in [0.717, 1.165) is 49.6 Å². The van der Waals surface area contributed by atoms with Gasteiger partial charge < -0.3 is 16.0 Å². The third-order valence-electron chi connectivity index (χ3n) is 5.29. The molecule has 1 amide bonds. The van der Waals surface area contributed by atoms with Crippen LogP contribution in [0.3, 0.4) is 0 Å². The second kappa shape index (κ2) is 7.80. The van der Waals surface area contributed by atoms with E-state index in [1.807, 2.05) is 24.4 Å². The molecule has 1 aromatic heterocycles. The summed E-state index contributed by atoms with van der Waals surface area (Å²) in [4.78, 5) is 27.1. The van der Waals surface area contributed by atoms with Crippen molar-refractivity contribution in [2.45, 2.75) is 19.8 Å². The summed E-state index contributed by atoms with van der Waals surface area (Å²) in [5.74, 6) is 0.613. The number of nitrogens with zero attached hydrogens (tertiary/aromatic N) is 4. The summed E-state index contributed by atoms with van der Waals surface area (Å²) < 4.78 is 0. The van der Waals surface area contributed by atoms with Crippen LogP contribution in [0, 0.1) is 12.8 Å². The molecule has 1 aromatic carbocycles. The molecule has 0 bridgehead atoms. The number of aliphatic imine (C=N–C) groups is 1. The van der Waals surface area contributed by atoms with Gasteiger partial charge in [-0.3, -0.25) is 9.79 Å². The van der Waals surface area contributed by atoms with E-state index in [1.54, 1.807) is 13.1 Å².